The molecule has 28 heavy (non-hydrogen) atoms. The quantitative estimate of drug-likeness (QED) is 0.632. The summed E-state index contributed by atoms with van der Waals surface area (Å²) in [5.41, 5.74) is 4.34. The lowest BCUT2D eigenvalue weighted by Gasteiger charge is -2.31. The van der Waals surface area contributed by atoms with E-state index in [0.717, 1.165) is 56.0 Å². The largest absolute Gasteiger partial charge is 0.378 e. The Morgan fingerprint density at radius 1 is 1.14 bits per heavy atom. The molecule has 1 saturated heterocycles. The van der Waals surface area contributed by atoms with Gasteiger partial charge in [0.25, 0.3) is 0 Å². The summed E-state index contributed by atoms with van der Waals surface area (Å²) in [6.45, 7) is 12.5. The second-order valence-electron chi connectivity index (χ2n) is 8.48. The van der Waals surface area contributed by atoms with Gasteiger partial charge in [0.2, 0.25) is 0 Å². The molecule has 0 aliphatic carbocycles. The van der Waals surface area contributed by atoms with E-state index in [0.29, 0.717) is 18.6 Å². The zero-order valence-electron chi connectivity index (χ0n) is 17.8. The van der Waals surface area contributed by atoms with Crippen LogP contribution in [-0.2, 0) is 11.3 Å². The first-order chi connectivity index (χ1) is 13.4. The first-order valence-electron chi connectivity index (χ1n) is 10.5. The number of carbonyl (C=O) groups is 1. The Morgan fingerprint density at radius 2 is 1.82 bits per heavy atom. The predicted octanol–water partition coefficient (Wildman–Crippen LogP) is 4.47. The molecule has 1 aromatic carbocycles. The first-order valence-corrected chi connectivity index (χ1v) is 10.5. The normalized spacial score (nSPS) is 16.0. The minimum Gasteiger partial charge on any atom is -0.378 e. The molecule has 0 unspecified atom stereocenters. The Labute approximate surface area is 169 Å². The fourth-order valence-corrected chi connectivity index (χ4v) is 3.94. The highest BCUT2D eigenvalue weighted by atomic mass is 16.5. The third-order valence-electron chi connectivity index (χ3n) is 5.62. The number of benzene rings is 1. The Bertz CT molecular complexity index is 771. The van der Waals surface area contributed by atoms with E-state index in [-0.39, 0.29) is 5.78 Å². The maximum absolute atomic E-state index is 13.0. The van der Waals surface area contributed by atoms with Gasteiger partial charge in [-0.15, -0.1) is 0 Å². The number of nitrogens with zero attached hydrogens (tertiary/aromatic N) is 2. The third-order valence-corrected chi connectivity index (χ3v) is 5.62. The zero-order valence-corrected chi connectivity index (χ0v) is 17.8. The Hall–Kier alpha value is -1.91. The number of Topliss-reactive ketones (excluding diaryl/α,β-unsaturated/α-hetero) is 1. The summed E-state index contributed by atoms with van der Waals surface area (Å²) in [5.74, 6) is 0.805. The fourth-order valence-electron chi connectivity index (χ4n) is 3.94. The van der Waals surface area contributed by atoms with E-state index in [1.807, 2.05) is 6.07 Å². The molecule has 3 rings (SSSR count). The summed E-state index contributed by atoms with van der Waals surface area (Å²) in [7, 11) is 0. The van der Waals surface area contributed by atoms with Crippen LogP contribution in [0.3, 0.4) is 0 Å². The molecule has 0 saturated carbocycles. The Balaban J connectivity index is 1.57. The second kappa shape index (κ2) is 9.53. The first kappa shape index (κ1) is 20.8. The van der Waals surface area contributed by atoms with Crippen LogP contribution in [0.15, 0.2) is 36.4 Å². The molecule has 0 spiro atoms. The topological polar surface area (TPSA) is 34.5 Å². The smallest absolute Gasteiger partial charge is 0.178 e. The molecule has 0 bridgehead atoms. The van der Waals surface area contributed by atoms with Gasteiger partial charge in [0.1, 0.15) is 0 Å². The number of carbonyl (C=O) groups excluding carboxylic acids is 1. The minimum atomic E-state index is 0.231. The van der Waals surface area contributed by atoms with Gasteiger partial charge in [-0.25, -0.2) is 0 Å². The van der Waals surface area contributed by atoms with Gasteiger partial charge < -0.3 is 9.30 Å². The molecule has 0 amide bonds. The van der Waals surface area contributed by atoms with Crippen molar-refractivity contribution < 1.29 is 9.53 Å². The van der Waals surface area contributed by atoms with E-state index in [1.54, 1.807) is 0 Å². The van der Waals surface area contributed by atoms with Crippen molar-refractivity contribution in [3.8, 4) is 0 Å². The molecule has 152 valence electrons. The summed E-state index contributed by atoms with van der Waals surface area (Å²) in [5, 5.41) is 0. The number of aromatic nitrogens is 1. The van der Waals surface area contributed by atoms with Crippen molar-refractivity contribution in [2.75, 3.05) is 26.2 Å². The van der Waals surface area contributed by atoms with Gasteiger partial charge in [0.05, 0.1) is 12.6 Å². The molecule has 1 aromatic heterocycles. The van der Waals surface area contributed by atoms with E-state index in [4.69, 9.17) is 4.74 Å². The standard InChI is InChI=1S/C24H34N2O2/c1-18(2)17-28-22-10-12-25(13-11-22)16-24(27)23-14-19(3)26(20(23)4)15-21-8-6-5-7-9-21/h5-9,14,18,22H,10-13,15-17H2,1-4H3. The molecule has 0 N–H and O–H groups in total. The highest BCUT2D eigenvalue weighted by Crippen LogP contribution is 2.20. The molecule has 2 heterocycles. The number of piperidine rings is 1. The fraction of sp³-hybridized carbons (Fsp3) is 0.542. The van der Waals surface area contributed by atoms with Crippen LogP contribution in [0.25, 0.3) is 0 Å². The summed E-state index contributed by atoms with van der Waals surface area (Å²) in [6, 6.07) is 12.5. The number of likely N-dealkylation sites (tertiary alicyclic amines) is 1. The van der Waals surface area contributed by atoms with Crippen LogP contribution in [0.2, 0.25) is 0 Å². The van der Waals surface area contributed by atoms with E-state index in [9.17, 15) is 4.79 Å². The van der Waals surface area contributed by atoms with E-state index < -0.39 is 0 Å². The Morgan fingerprint density at radius 3 is 2.46 bits per heavy atom. The predicted molar refractivity (Wildman–Crippen MR) is 114 cm³/mol. The molecule has 0 radical (unpaired) electrons. The average Bonchev–Trinajstić information content (AvgIpc) is 2.96. The van der Waals surface area contributed by atoms with Gasteiger partial charge in [-0.05, 0) is 44.2 Å². The number of ketones is 1. The maximum atomic E-state index is 13.0. The molecule has 1 fully saturated rings. The molecular formula is C24H34N2O2. The maximum Gasteiger partial charge on any atom is 0.178 e. The molecule has 4 nitrogen and oxygen atoms in total. The van der Waals surface area contributed by atoms with Crippen LogP contribution in [0.5, 0.6) is 0 Å². The number of aryl methyl sites for hydroxylation is 1. The number of hydrogen-bond donors (Lipinski definition) is 0. The molecule has 2 aromatic rings. The van der Waals surface area contributed by atoms with Crippen LogP contribution < -0.4 is 0 Å². The summed E-state index contributed by atoms with van der Waals surface area (Å²) >= 11 is 0. The van der Waals surface area contributed by atoms with Crippen LogP contribution in [0, 0.1) is 19.8 Å². The monoisotopic (exact) mass is 382 g/mol. The minimum absolute atomic E-state index is 0.231. The number of hydrogen-bond acceptors (Lipinski definition) is 3. The van der Waals surface area contributed by atoms with Gasteiger partial charge in [-0.1, -0.05) is 44.2 Å². The summed E-state index contributed by atoms with van der Waals surface area (Å²) in [4.78, 5) is 15.2. The van der Waals surface area contributed by atoms with Gasteiger partial charge >= 0.3 is 0 Å². The van der Waals surface area contributed by atoms with E-state index in [2.05, 4.69) is 67.5 Å². The highest BCUT2D eigenvalue weighted by molar-refractivity contribution is 5.99. The van der Waals surface area contributed by atoms with Gasteiger partial charge in [-0.2, -0.15) is 0 Å². The highest BCUT2D eigenvalue weighted by Gasteiger charge is 2.23. The zero-order chi connectivity index (χ0) is 20.1. The Kier molecular flexibility index (Phi) is 7.08. The number of ether oxygens (including phenoxy) is 1. The SMILES string of the molecule is Cc1cc(C(=O)CN2CCC(OCC(C)C)CC2)c(C)n1Cc1ccccc1. The summed E-state index contributed by atoms with van der Waals surface area (Å²) in [6.07, 6.45) is 2.39. The van der Waals surface area contributed by atoms with Crippen molar-refractivity contribution in [3.63, 3.8) is 0 Å². The van der Waals surface area contributed by atoms with Crippen molar-refractivity contribution in [1.29, 1.82) is 0 Å². The van der Waals surface area contributed by atoms with Crippen molar-refractivity contribution in [1.82, 2.24) is 9.47 Å². The molecule has 0 atom stereocenters. The van der Waals surface area contributed by atoms with Crippen molar-refractivity contribution in [2.45, 2.75) is 53.2 Å². The number of rotatable bonds is 8. The molecular weight excluding hydrogens is 348 g/mol. The lowest BCUT2D eigenvalue weighted by atomic mass is 10.1. The third kappa shape index (κ3) is 5.33. The molecule has 1 aliphatic heterocycles. The van der Waals surface area contributed by atoms with Crippen LogP contribution in [-0.4, -0.2) is 47.6 Å². The van der Waals surface area contributed by atoms with Crippen molar-refractivity contribution in [2.24, 2.45) is 5.92 Å². The van der Waals surface area contributed by atoms with Crippen molar-refractivity contribution >= 4 is 5.78 Å². The summed E-state index contributed by atoms with van der Waals surface area (Å²) < 4.78 is 8.21. The van der Waals surface area contributed by atoms with E-state index in [1.165, 1.54) is 5.56 Å². The average molecular weight is 383 g/mol. The van der Waals surface area contributed by atoms with Crippen molar-refractivity contribution in [3.05, 3.63) is 58.9 Å². The lowest BCUT2D eigenvalue weighted by molar-refractivity contribution is -0.00362. The second-order valence-corrected chi connectivity index (χ2v) is 8.48. The van der Waals surface area contributed by atoms with Crippen LogP contribution >= 0.6 is 0 Å². The van der Waals surface area contributed by atoms with Crippen LogP contribution in [0.1, 0.15) is 54.0 Å². The van der Waals surface area contributed by atoms with Gasteiger partial charge in [0, 0.05) is 43.2 Å². The molecule has 1 aliphatic rings. The van der Waals surface area contributed by atoms with Gasteiger partial charge in [-0.3, -0.25) is 9.69 Å². The molecule has 4 heteroatoms. The van der Waals surface area contributed by atoms with Crippen LogP contribution in [0.4, 0.5) is 0 Å². The van der Waals surface area contributed by atoms with Gasteiger partial charge in [0.15, 0.2) is 5.78 Å². The lowest BCUT2D eigenvalue weighted by Crippen LogP contribution is -2.40. The van der Waals surface area contributed by atoms with E-state index >= 15 is 0 Å².